The molecule has 3 heteroatoms. The molecule has 126 valence electrons. The molecule has 1 aromatic carbocycles. The number of aryl methyl sites for hydroxylation is 2. The molecule has 0 N–H and O–H groups in total. The molecule has 2 heterocycles. The van der Waals surface area contributed by atoms with Crippen LogP contribution in [-0.2, 0) is 12.8 Å². The van der Waals surface area contributed by atoms with Crippen LogP contribution in [-0.4, -0.2) is 29.6 Å². The van der Waals surface area contributed by atoms with Gasteiger partial charge in [0.25, 0.3) is 0 Å². The molecule has 2 aliphatic rings. The summed E-state index contributed by atoms with van der Waals surface area (Å²) in [5, 5.41) is 0. The normalized spacial score (nSPS) is 20.8. The van der Waals surface area contributed by atoms with E-state index in [4.69, 9.17) is 4.74 Å². The van der Waals surface area contributed by atoms with Gasteiger partial charge < -0.3 is 4.74 Å². The Bertz CT molecular complexity index is 671. The fourth-order valence-electron chi connectivity index (χ4n) is 4.13. The third-order valence-electron chi connectivity index (χ3n) is 5.40. The number of likely N-dealkylation sites (tertiary alicyclic amines) is 1. The summed E-state index contributed by atoms with van der Waals surface area (Å²) in [6, 6.07) is 11.4. The summed E-state index contributed by atoms with van der Waals surface area (Å²) in [4.78, 5) is 6.86. The van der Waals surface area contributed by atoms with Crippen LogP contribution >= 0.6 is 0 Å². The van der Waals surface area contributed by atoms with E-state index in [1.54, 1.807) is 0 Å². The molecular formula is C21H26N2O. The summed E-state index contributed by atoms with van der Waals surface area (Å²) >= 11 is 0. The lowest BCUT2D eigenvalue weighted by molar-refractivity contribution is 0.123. The van der Waals surface area contributed by atoms with Crippen molar-refractivity contribution in [3.05, 3.63) is 59.4 Å². The molecule has 0 radical (unpaired) electrons. The number of aromatic nitrogens is 1. The van der Waals surface area contributed by atoms with Crippen LogP contribution in [0.3, 0.4) is 0 Å². The van der Waals surface area contributed by atoms with Crippen molar-refractivity contribution in [3.63, 3.8) is 0 Å². The highest BCUT2D eigenvalue weighted by molar-refractivity contribution is 5.38. The Hall–Kier alpha value is -1.87. The number of benzene rings is 1. The summed E-state index contributed by atoms with van der Waals surface area (Å²) in [6.07, 6.45) is 11.4. The van der Waals surface area contributed by atoms with Crippen molar-refractivity contribution in [2.45, 2.75) is 44.6 Å². The Labute approximate surface area is 144 Å². The van der Waals surface area contributed by atoms with E-state index < -0.39 is 0 Å². The molecule has 2 aromatic rings. The molecule has 1 saturated heterocycles. The van der Waals surface area contributed by atoms with E-state index in [2.05, 4.69) is 34.1 Å². The molecule has 0 amide bonds. The van der Waals surface area contributed by atoms with Gasteiger partial charge in [-0.1, -0.05) is 18.6 Å². The largest absolute Gasteiger partial charge is 0.492 e. The topological polar surface area (TPSA) is 25.4 Å². The van der Waals surface area contributed by atoms with Crippen LogP contribution in [0.1, 0.15) is 48.4 Å². The molecule has 3 nitrogen and oxygen atoms in total. The quantitative estimate of drug-likeness (QED) is 0.826. The van der Waals surface area contributed by atoms with Crippen LogP contribution in [0, 0.1) is 0 Å². The number of rotatable bonds is 5. The highest BCUT2D eigenvalue weighted by atomic mass is 16.5. The first-order valence-corrected chi connectivity index (χ1v) is 9.29. The average molecular weight is 322 g/mol. The Balaban J connectivity index is 1.35. The number of nitrogens with zero attached hydrogens (tertiary/aromatic N) is 2. The van der Waals surface area contributed by atoms with Gasteiger partial charge in [0.2, 0.25) is 0 Å². The Kier molecular flexibility index (Phi) is 4.79. The van der Waals surface area contributed by atoms with Gasteiger partial charge in [-0.05, 0) is 73.5 Å². The summed E-state index contributed by atoms with van der Waals surface area (Å²) in [6.45, 7) is 2.90. The average Bonchev–Trinajstić information content (AvgIpc) is 3.11. The molecule has 1 aliphatic heterocycles. The first-order chi connectivity index (χ1) is 11.9. The summed E-state index contributed by atoms with van der Waals surface area (Å²) in [5.41, 5.74) is 4.34. The maximum absolute atomic E-state index is 6.06. The zero-order chi connectivity index (χ0) is 16.2. The van der Waals surface area contributed by atoms with Crippen LogP contribution in [0.5, 0.6) is 5.75 Å². The molecule has 0 bridgehead atoms. The second kappa shape index (κ2) is 7.35. The van der Waals surface area contributed by atoms with E-state index in [0.717, 1.165) is 25.4 Å². The van der Waals surface area contributed by atoms with Crippen LogP contribution in [0.25, 0.3) is 0 Å². The molecule has 1 unspecified atom stereocenters. The fourth-order valence-corrected chi connectivity index (χ4v) is 4.13. The second-order valence-corrected chi connectivity index (χ2v) is 6.97. The lowest BCUT2D eigenvalue weighted by atomic mass is 9.96. The van der Waals surface area contributed by atoms with Crippen LogP contribution in [0.2, 0.25) is 0 Å². The van der Waals surface area contributed by atoms with E-state index >= 15 is 0 Å². The predicted octanol–water partition coefficient (Wildman–Crippen LogP) is 4.18. The summed E-state index contributed by atoms with van der Waals surface area (Å²) in [7, 11) is 0. The fraction of sp³-hybridized carbons (Fsp3) is 0.476. The minimum atomic E-state index is 0.496. The smallest absolute Gasteiger partial charge is 0.119 e. The van der Waals surface area contributed by atoms with Crippen LogP contribution in [0.4, 0.5) is 0 Å². The maximum atomic E-state index is 6.06. The third kappa shape index (κ3) is 3.46. The van der Waals surface area contributed by atoms with Gasteiger partial charge in [0.1, 0.15) is 12.4 Å². The number of pyridine rings is 1. The SMILES string of the molecule is c1cncc(C2CCCCN2CCOc2ccc3c(c2)CCC3)c1. The van der Waals surface area contributed by atoms with Crippen molar-refractivity contribution in [1.82, 2.24) is 9.88 Å². The molecule has 1 atom stereocenters. The van der Waals surface area contributed by atoms with Gasteiger partial charge in [0.15, 0.2) is 0 Å². The maximum Gasteiger partial charge on any atom is 0.119 e. The van der Waals surface area contributed by atoms with Crippen molar-refractivity contribution < 1.29 is 4.74 Å². The number of fused-ring (bicyclic) bond motifs is 1. The van der Waals surface area contributed by atoms with Crippen molar-refractivity contribution >= 4 is 0 Å². The number of piperidine rings is 1. The van der Waals surface area contributed by atoms with Gasteiger partial charge in [0.05, 0.1) is 0 Å². The first kappa shape index (κ1) is 15.6. The van der Waals surface area contributed by atoms with E-state index in [9.17, 15) is 0 Å². The number of hydrogen-bond acceptors (Lipinski definition) is 3. The van der Waals surface area contributed by atoms with Crippen LogP contribution < -0.4 is 4.74 Å². The highest BCUT2D eigenvalue weighted by Gasteiger charge is 2.23. The van der Waals surface area contributed by atoms with Crippen molar-refractivity contribution in [2.75, 3.05) is 19.7 Å². The molecule has 0 saturated carbocycles. The van der Waals surface area contributed by atoms with E-state index in [-0.39, 0.29) is 0 Å². The zero-order valence-electron chi connectivity index (χ0n) is 14.3. The lowest BCUT2D eigenvalue weighted by Gasteiger charge is -2.35. The monoisotopic (exact) mass is 322 g/mol. The third-order valence-corrected chi connectivity index (χ3v) is 5.40. The molecule has 4 rings (SSSR count). The Morgan fingerprint density at radius 3 is 2.96 bits per heavy atom. The highest BCUT2D eigenvalue weighted by Crippen LogP contribution is 2.30. The summed E-state index contributed by atoms with van der Waals surface area (Å²) in [5.74, 6) is 1.03. The predicted molar refractivity (Wildman–Crippen MR) is 96.4 cm³/mol. The first-order valence-electron chi connectivity index (χ1n) is 9.29. The molecule has 1 aliphatic carbocycles. The van der Waals surface area contributed by atoms with Gasteiger partial charge in [-0.15, -0.1) is 0 Å². The van der Waals surface area contributed by atoms with Crippen molar-refractivity contribution in [2.24, 2.45) is 0 Å². The minimum Gasteiger partial charge on any atom is -0.492 e. The summed E-state index contributed by atoms with van der Waals surface area (Å²) < 4.78 is 6.06. The van der Waals surface area contributed by atoms with E-state index in [1.165, 1.54) is 55.2 Å². The van der Waals surface area contributed by atoms with E-state index in [1.807, 2.05) is 18.5 Å². The van der Waals surface area contributed by atoms with Crippen molar-refractivity contribution in [1.29, 1.82) is 0 Å². The van der Waals surface area contributed by atoms with Gasteiger partial charge in [0, 0.05) is 25.0 Å². The molecule has 1 aromatic heterocycles. The molecule has 0 spiro atoms. The lowest BCUT2D eigenvalue weighted by Crippen LogP contribution is -2.36. The van der Waals surface area contributed by atoms with Crippen molar-refractivity contribution in [3.8, 4) is 5.75 Å². The molecule has 1 fully saturated rings. The standard InChI is InChI=1S/C21H26N2O/c1-2-12-23(21(8-1)19-7-4-11-22-16-19)13-14-24-20-10-9-17-5-3-6-18(17)15-20/h4,7,9-11,15-16,21H,1-3,5-6,8,12-14H2. The van der Waals surface area contributed by atoms with E-state index in [0.29, 0.717) is 6.04 Å². The Morgan fingerprint density at radius 1 is 1.08 bits per heavy atom. The molecule has 24 heavy (non-hydrogen) atoms. The number of ether oxygens (including phenoxy) is 1. The second-order valence-electron chi connectivity index (χ2n) is 6.97. The van der Waals surface area contributed by atoms with Gasteiger partial charge in [-0.2, -0.15) is 0 Å². The minimum absolute atomic E-state index is 0.496. The van der Waals surface area contributed by atoms with Gasteiger partial charge in [-0.3, -0.25) is 9.88 Å². The van der Waals surface area contributed by atoms with Gasteiger partial charge >= 0.3 is 0 Å². The van der Waals surface area contributed by atoms with Gasteiger partial charge in [-0.25, -0.2) is 0 Å². The molecular weight excluding hydrogens is 296 g/mol. The van der Waals surface area contributed by atoms with Crippen LogP contribution in [0.15, 0.2) is 42.7 Å². The number of hydrogen-bond donors (Lipinski definition) is 0. The zero-order valence-corrected chi connectivity index (χ0v) is 14.3. The Morgan fingerprint density at radius 2 is 2.04 bits per heavy atom.